The molecule has 0 unspecified atom stereocenters. The molecular formula is C56H64IrN4O2-2. The van der Waals surface area contributed by atoms with Gasteiger partial charge in [-0.1, -0.05) is 152 Å². The van der Waals surface area contributed by atoms with Gasteiger partial charge in [0, 0.05) is 52.3 Å². The van der Waals surface area contributed by atoms with E-state index in [4.69, 9.17) is 17.9 Å². The van der Waals surface area contributed by atoms with E-state index in [1.807, 2.05) is 42.6 Å². The van der Waals surface area contributed by atoms with Gasteiger partial charge in [-0.15, -0.1) is 53.6 Å². The standard InChI is InChI=1S/C41H48N3O2.C15H16N.Ir/c1-21(2)25-16-27(22(3)4)34(28(17-25)23(5)6)35-37-29(18-31-38(35)46-39(44-31)41(11,12)13)33-24(7)14-15-26(36(33)45-37)30-19-32(40(8,9)10)43-20-42-30;1-15(2,3)13-9-10-14(16-11-13)12-7-5-4-6-8-12;/h14,16-23H,1-13H3;4-7,9-11H,1-3H3;/q2*-1;/i7D3;;. The molecule has 0 aliphatic rings. The van der Waals surface area contributed by atoms with Crippen molar-refractivity contribution >= 4 is 33.0 Å². The first kappa shape index (κ1) is 43.3. The van der Waals surface area contributed by atoms with Crippen LogP contribution in [-0.2, 0) is 36.4 Å². The summed E-state index contributed by atoms with van der Waals surface area (Å²) in [5, 5.41) is 1.19. The summed E-state index contributed by atoms with van der Waals surface area (Å²) in [7, 11) is 0. The van der Waals surface area contributed by atoms with E-state index in [2.05, 4.69) is 155 Å². The van der Waals surface area contributed by atoms with Gasteiger partial charge in [0.2, 0.25) is 5.89 Å². The Balaban J connectivity index is 0.000000357. The normalized spacial score (nSPS) is 13.3. The fourth-order valence-electron chi connectivity index (χ4n) is 7.78. The fraction of sp³-hybridized carbons (Fsp3) is 0.393. The van der Waals surface area contributed by atoms with E-state index in [9.17, 15) is 0 Å². The molecule has 0 fully saturated rings. The van der Waals surface area contributed by atoms with E-state index in [1.165, 1.54) is 22.3 Å². The molecule has 4 aromatic carbocycles. The maximum Gasteiger partial charge on any atom is 0.200 e. The van der Waals surface area contributed by atoms with E-state index in [1.54, 1.807) is 12.4 Å². The number of nitrogens with zero attached hydrogens (tertiary/aromatic N) is 4. The maximum atomic E-state index is 8.58. The fourth-order valence-corrected chi connectivity index (χ4v) is 7.78. The number of rotatable bonds is 6. The van der Waals surface area contributed by atoms with Gasteiger partial charge in [0.15, 0.2) is 5.58 Å². The summed E-state index contributed by atoms with van der Waals surface area (Å²) in [6.45, 7) is 30.0. The number of aryl methyl sites for hydroxylation is 1. The summed E-state index contributed by atoms with van der Waals surface area (Å²) in [6, 6.07) is 28.6. The predicted molar refractivity (Wildman–Crippen MR) is 258 cm³/mol. The molecule has 331 valence electrons. The van der Waals surface area contributed by atoms with Crippen molar-refractivity contribution in [3.63, 3.8) is 0 Å². The number of hydrogen-bond donors (Lipinski definition) is 0. The van der Waals surface area contributed by atoms with E-state index in [0.29, 0.717) is 56.1 Å². The van der Waals surface area contributed by atoms with Crippen LogP contribution >= 0.6 is 0 Å². The van der Waals surface area contributed by atoms with Gasteiger partial charge < -0.3 is 13.8 Å². The van der Waals surface area contributed by atoms with Gasteiger partial charge in [0.25, 0.3) is 0 Å². The first-order chi connectivity index (χ1) is 30.3. The van der Waals surface area contributed by atoms with E-state index < -0.39 is 6.85 Å². The summed E-state index contributed by atoms with van der Waals surface area (Å²) in [5.41, 5.74) is 12.9. The molecule has 0 saturated carbocycles. The number of fused-ring (bicyclic) bond motifs is 4. The third-order valence-electron chi connectivity index (χ3n) is 11.5. The Morgan fingerprint density at radius 2 is 1.35 bits per heavy atom. The van der Waals surface area contributed by atoms with E-state index in [-0.39, 0.29) is 53.7 Å². The quantitative estimate of drug-likeness (QED) is 0.154. The Morgan fingerprint density at radius 1 is 0.651 bits per heavy atom. The van der Waals surface area contributed by atoms with Crippen molar-refractivity contribution < 1.29 is 33.1 Å². The molecule has 6 nitrogen and oxygen atoms in total. The van der Waals surface area contributed by atoms with Gasteiger partial charge in [0.05, 0.1) is 11.1 Å². The van der Waals surface area contributed by atoms with E-state index >= 15 is 0 Å². The molecule has 0 amide bonds. The van der Waals surface area contributed by atoms with Gasteiger partial charge >= 0.3 is 0 Å². The van der Waals surface area contributed by atoms with Gasteiger partial charge in [-0.25, -0.2) is 9.97 Å². The van der Waals surface area contributed by atoms with Crippen molar-refractivity contribution in [1.82, 2.24) is 19.9 Å². The van der Waals surface area contributed by atoms with Crippen molar-refractivity contribution in [3.8, 4) is 33.6 Å². The van der Waals surface area contributed by atoms with Crippen molar-refractivity contribution in [2.24, 2.45) is 0 Å². The molecule has 4 heterocycles. The summed E-state index contributed by atoms with van der Waals surface area (Å²) in [4.78, 5) is 18.7. The summed E-state index contributed by atoms with van der Waals surface area (Å²) in [6.07, 6.45) is 3.50. The molecule has 0 atom stereocenters. The van der Waals surface area contributed by atoms with Crippen molar-refractivity contribution in [3.05, 3.63) is 131 Å². The molecule has 63 heavy (non-hydrogen) atoms. The van der Waals surface area contributed by atoms with Crippen LogP contribution < -0.4 is 0 Å². The van der Waals surface area contributed by atoms with Crippen LogP contribution in [0.5, 0.6) is 0 Å². The third kappa shape index (κ3) is 9.61. The van der Waals surface area contributed by atoms with Crippen LogP contribution in [-0.4, -0.2) is 19.9 Å². The van der Waals surface area contributed by atoms with Crippen LogP contribution in [0, 0.1) is 19.0 Å². The zero-order valence-electron chi connectivity index (χ0n) is 42.7. The number of aromatic nitrogens is 4. The Bertz CT molecular complexity index is 2970. The first-order valence-electron chi connectivity index (χ1n) is 23.5. The zero-order valence-corrected chi connectivity index (χ0v) is 42.1. The number of furan rings is 1. The van der Waals surface area contributed by atoms with Gasteiger partial charge in [0.1, 0.15) is 17.4 Å². The minimum Gasteiger partial charge on any atom is -0.500 e. The Labute approximate surface area is 393 Å². The molecule has 4 aromatic heterocycles. The van der Waals surface area contributed by atoms with Crippen molar-refractivity contribution in [1.29, 1.82) is 0 Å². The molecule has 8 rings (SSSR count). The predicted octanol–water partition coefficient (Wildman–Crippen LogP) is 15.8. The molecular weight excluding hydrogens is 953 g/mol. The molecule has 0 aliphatic carbocycles. The average molecular weight is 1020 g/mol. The summed E-state index contributed by atoms with van der Waals surface area (Å²) < 4.78 is 39.5. The smallest absolute Gasteiger partial charge is 0.200 e. The second-order valence-corrected chi connectivity index (χ2v) is 20.7. The Hall–Kier alpha value is -4.97. The molecule has 0 saturated heterocycles. The maximum absolute atomic E-state index is 8.58. The number of pyridine rings is 1. The number of oxazole rings is 1. The van der Waals surface area contributed by atoms with Crippen LogP contribution in [0.3, 0.4) is 0 Å². The van der Waals surface area contributed by atoms with Crippen LogP contribution in [0.4, 0.5) is 0 Å². The summed E-state index contributed by atoms with van der Waals surface area (Å²) in [5.74, 6) is 1.32. The van der Waals surface area contributed by atoms with Crippen molar-refractivity contribution in [2.45, 2.75) is 145 Å². The zero-order chi connectivity index (χ0) is 47.6. The van der Waals surface area contributed by atoms with E-state index in [0.717, 1.165) is 28.1 Å². The largest absolute Gasteiger partial charge is 0.500 e. The first-order valence-corrected chi connectivity index (χ1v) is 22.0. The SMILES string of the molecule is CC(C)(C)c1ccc(-c2[c-]cccc2)nc1.[2H]C([2H])([2H])c1c[c-]c(-c2cc(C(C)(C)C)ncn2)c2oc3c(-c4c(C(C)C)cc(C(C)C)cc4C(C)C)c4oc(C(C)(C)C)nc4cc3c12.[Ir]. The number of benzene rings is 4. The molecule has 0 N–H and O–H groups in total. The monoisotopic (exact) mass is 1020 g/mol. The minimum atomic E-state index is -2.42. The second-order valence-electron chi connectivity index (χ2n) is 20.7. The second kappa shape index (κ2) is 17.9. The summed E-state index contributed by atoms with van der Waals surface area (Å²) >= 11 is 0. The molecule has 1 radical (unpaired) electrons. The van der Waals surface area contributed by atoms with Crippen LogP contribution in [0.2, 0.25) is 0 Å². The molecule has 8 aromatic rings. The van der Waals surface area contributed by atoms with Crippen molar-refractivity contribution in [2.75, 3.05) is 0 Å². The number of hydrogen-bond acceptors (Lipinski definition) is 6. The molecule has 0 bridgehead atoms. The van der Waals surface area contributed by atoms with Crippen LogP contribution in [0.25, 0.3) is 66.7 Å². The minimum absolute atomic E-state index is 0. The third-order valence-corrected chi connectivity index (χ3v) is 11.5. The molecule has 0 aliphatic heterocycles. The van der Waals surface area contributed by atoms with Gasteiger partial charge in [-0.05, 0) is 68.4 Å². The molecule has 7 heteroatoms. The van der Waals surface area contributed by atoms with Crippen LogP contribution in [0.1, 0.15) is 165 Å². The Morgan fingerprint density at radius 3 is 1.89 bits per heavy atom. The van der Waals surface area contributed by atoms with Gasteiger partial charge in [-0.2, -0.15) is 0 Å². The molecule has 0 spiro atoms. The van der Waals surface area contributed by atoms with Crippen LogP contribution in [0.15, 0.2) is 88.1 Å². The Kier molecular flexibility index (Phi) is 12.3. The topological polar surface area (TPSA) is 77.8 Å². The average Bonchev–Trinajstić information content (AvgIpc) is 3.84. The van der Waals surface area contributed by atoms with Gasteiger partial charge in [-0.3, -0.25) is 4.98 Å².